The molecule has 0 bridgehead atoms. The minimum Gasteiger partial charge on any atom is -0.480 e. The molecule has 4 heterocycles. The van der Waals surface area contributed by atoms with Crippen molar-refractivity contribution >= 4 is 5.91 Å². The van der Waals surface area contributed by atoms with Gasteiger partial charge in [0.05, 0.1) is 26.0 Å². The van der Waals surface area contributed by atoms with Crippen molar-refractivity contribution in [2.75, 3.05) is 20.2 Å². The van der Waals surface area contributed by atoms with Crippen LogP contribution in [0.2, 0.25) is 0 Å². The van der Waals surface area contributed by atoms with Crippen LogP contribution in [-0.2, 0) is 0 Å². The highest BCUT2D eigenvalue weighted by atomic mass is 16.5. The number of hydrogen-bond donors (Lipinski definition) is 0. The second-order valence-electron chi connectivity index (χ2n) is 6.00. The molecule has 138 valence electrons. The summed E-state index contributed by atoms with van der Waals surface area (Å²) in [5.41, 5.74) is 1.03. The molecular weight excluding hydrogens is 350 g/mol. The fourth-order valence-corrected chi connectivity index (χ4v) is 2.85. The third-order valence-corrected chi connectivity index (χ3v) is 4.19. The van der Waals surface area contributed by atoms with E-state index in [0.29, 0.717) is 37.0 Å². The van der Waals surface area contributed by atoms with E-state index >= 15 is 0 Å². The minimum absolute atomic E-state index is 0.167. The van der Waals surface area contributed by atoms with Crippen molar-refractivity contribution in [1.29, 1.82) is 0 Å². The van der Waals surface area contributed by atoms with Gasteiger partial charge in [-0.1, -0.05) is 5.16 Å². The van der Waals surface area contributed by atoms with Crippen molar-refractivity contribution in [1.82, 2.24) is 25.0 Å². The highest BCUT2D eigenvalue weighted by molar-refractivity contribution is 5.93. The number of aromatic nitrogens is 4. The highest BCUT2D eigenvalue weighted by Gasteiger charge is 2.30. The van der Waals surface area contributed by atoms with Crippen molar-refractivity contribution in [3.05, 3.63) is 48.7 Å². The summed E-state index contributed by atoms with van der Waals surface area (Å²) in [6.07, 6.45) is 6.87. The molecule has 0 aromatic carbocycles. The predicted molar refractivity (Wildman–Crippen MR) is 93.3 cm³/mol. The third kappa shape index (κ3) is 3.71. The number of methoxy groups -OCH3 is 1. The Kier molecular flexibility index (Phi) is 4.65. The SMILES string of the molecule is COc1cncc(OC2CCN(C(=O)c3cc(-c4cccnc4)on3)C2)n1. The van der Waals surface area contributed by atoms with Crippen molar-refractivity contribution in [3.8, 4) is 23.1 Å². The lowest BCUT2D eigenvalue weighted by molar-refractivity contribution is 0.0760. The Labute approximate surface area is 155 Å². The molecule has 0 N–H and O–H groups in total. The molecule has 9 heteroatoms. The zero-order valence-electron chi connectivity index (χ0n) is 14.6. The van der Waals surface area contributed by atoms with E-state index in [9.17, 15) is 4.79 Å². The maximum absolute atomic E-state index is 12.7. The Balaban J connectivity index is 1.40. The average molecular weight is 367 g/mol. The van der Waals surface area contributed by atoms with E-state index in [4.69, 9.17) is 14.0 Å². The summed E-state index contributed by atoms with van der Waals surface area (Å²) in [5, 5.41) is 3.90. The van der Waals surface area contributed by atoms with Gasteiger partial charge in [0, 0.05) is 37.0 Å². The zero-order chi connectivity index (χ0) is 18.6. The fraction of sp³-hybridized carbons (Fsp3) is 0.278. The standard InChI is InChI=1S/C18H17N5O4/c1-25-16-9-20-10-17(21-16)26-13-4-6-23(11-13)18(24)14-7-15(27-22-14)12-3-2-5-19-8-12/h2-3,5,7-10,13H,4,6,11H2,1H3. The molecule has 9 nitrogen and oxygen atoms in total. The first-order chi connectivity index (χ1) is 13.2. The molecule has 1 aliphatic rings. The molecule has 27 heavy (non-hydrogen) atoms. The van der Waals surface area contributed by atoms with Crippen LogP contribution in [-0.4, -0.2) is 57.2 Å². The molecule has 1 amide bonds. The molecule has 1 fully saturated rings. The van der Waals surface area contributed by atoms with Crippen LogP contribution in [0.1, 0.15) is 16.9 Å². The lowest BCUT2D eigenvalue weighted by Crippen LogP contribution is -2.31. The molecule has 1 saturated heterocycles. The quantitative estimate of drug-likeness (QED) is 0.673. The molecule has 1 atom stereocenters. The van der Waals surface area contributed by atoms with Gasteiger partial charge in [-0.2, -0.15) is 4.98 Å². The van der Waals surface area contributed by atoms with Gasteiger partial charge in [-0.15, -0.1) is 0 Å². The Hall–Kier alpha value is -3.49. The Morgan fingerprint density at radius 3 is 2.96 bits per heavy atom. The van der Waals surface area contributed by atoms with Gasteiger partial charge < -0.3 is 18.9 Å². The van der Waals surface area contributed by atoms with Crippen LogP contribution in [0.4, 0.5) is 0 Å². The molecule has 3 aromatic heterocycles. The molecule has 0 saturated carbocycles. The van der Waals surface area contributed by atoms with Crippen molar-refractivity contribution < 1.29 is 18.8 Å². The highest BCUT2D eigenvalue weighted by Crippen LogP contribution is 2.22. The van der Waals surface area contributed by atoms with Gasteiger partial charge in [-0.25, -0.2) is 0 Å². The topological polar surface area (TPSA) is 103 Å². The van der Waals surface area contributed by atoms with Gasteiger partial charge in [0.2, 0.25) is 11.8 Å². The van der Waals surface area contributed by atoms with Gasteiger partial charge >= 0.3 is 0 Å². The predicted octanol–water partition coefficient (Wildman–Crippen LogP) is 1.83. The number of likely N-dealkylation sites (tertiary alicyclic amines) is 1. The number of carbonyl (C=O) groups is 1. The van der Waals surface area contributed by atoms with E-state index in [2.05, 4.69) is 20.1 Å². The van der Waals surface area contributed by atoms with Gasteiger partial charge in [0.1, 0.15) is 6.10 Å². The third-order valence-electron chi connectivity index (χ3n) is 4.19. The van der Waals surface area contributed by atoms with Gasteiger partial charge in [-0.05, 0) is 12.1 Å². The summed E-state index contributed by atoms with van der Waals surface area (Å²) in [7, 11) is 1.52. The van der Waals surface area contributed by atoms with Crippen molar-refractivity contribution in [3.63, 3.8) is 0 Å². The monoisotopic (exact) mass is 367 g/mol. The first-order valence-corrected chi connectivity index (χ1v) is 8.42. The average Bonchev–Trinajstić information content (AvgIpc) is 3.38. The number of nitrogens with zero attached hydrogens (tertiary/aromatic N) is 5. The first-order valence-electron chi connectivity index (χ1n) is 8.42. The van der Waals surface area contributed by atoms with Crippen molar-refractivity contribution in [2.45, 2.75) is 12.5 Å². The lowest BCUT2D eigenvalue weighted by Gasteiger charge is -2.15. The number of carbonyl (C=O) groups excluding carboxylic acids is 1. The second kappa shape index (κ2) is 7.40. The Bertz CT molecular complexity index is 930. The minimum atomic E-state index is -0.197. The fourth-order valence-electron chi connectivity index (χ4n) is 2.85. The Morgan fingerprint density at radius 2 is 2.15 bits per heavy atom. The first kappa shape index (κ1) is 17.0. The summed E-state index contributed by atoms with van der Waals surface area (Å²) in [6.45, 7) is 1.00. The molecule has 0 radical (unpaired) electrons. The van der Waals surface area contributed by atoms with Crippen LogP contribution in [0.3, 0.4) is 0 Å². The van der Waals surface area contributed by atoms with E-state index in [0.717, 1.165) is 5.56 Å². The number of pyridine rings is 1. The van der Waals surface area contributed by atoms with Gasteiger partial charge in [-0.3, -0.25) is 14.8 Å². The molecule has 3 aromatic rings. The maximum atomic E-state index is 12.7. The smallest absolute Gasteiger partial charge is 0.276 e. The molecule has 4 rings (SSSR count). The van der Waals surface area contributed by atoms with E-state index in [1.807, 2.05) is 6.07 Å². The van der Waals surface area contributed by atoms with Crippen LogP contribution in [0, 0.1) is 0 Å². The zero-order valence-corrected chi connectivity index (χ0v) is 14.6. The normalized spacial score (nSPS) is 16.3. The molecular formula is C18H17N5O4. The largest absolute Gasteiger partial charge is 0.480 e. The van der Waals surface area contributed by atoms with Crippen LogP contribution in [0.15, 0.2) is 47.5 Å². The summed E-state index contributed by atoms with van der Waals surface area (Å²) in [4.78, 5) is 26.6. The van der Waals surface area contributed by atoms with E-state index in [-0.39, 0.29) is 17.7 Å². The van der Waals surface area contributed by atoms with E-state index < -0.39 is 0 Å². The lowest BCUT2D eigenvalue weighted by atomic mass is 10.2. The molecule has 0 aliphatic carbocycles. The van der Waals surface area contributed by atoms with Crippen LogP contribution in [0.25, 0.3) is 11.3 Å². The number of hydrogen-bond acceptors (Lipinski definition) is 8. The van der Waals surface area contributed by atoms with Crippen LogP contribution in [0.5, 0.6) is 11.8 Å². The van der Waals surface area contributed by atoms with E-state index in [1.54, 1.807) is 29.4 Å². The summed E-state index contributed by atoms with van der Waals surface area (Å²) in [6, 6.07) is 5.26. The summed E-state index contributed by atoms with van der Waals surface area (Å²) < 4.78 is 16.1. The molecule has 0 spiro atoms. The number of ether oxygens (including phenoxy) is 2. The van der Waals surface area contributed by atoms with E-state index in [1.165, 1.54) is 19.5 Å². The molecule has 1 aliphatic heterocycles. The summed E-state index contributed by atoms with van der Waals surface area (Å²) in [5.74, 6) is 1.06. The van der Waals surface area contributed by atoms with Crippen LogP contribution < -0.4 is 9.47 Å². The molecule has 1 unspecified atom stereocenters. The van der Waals surface area contributed by atoms with Gasteiger partial charge in [0.15, 0.2) is 11.5 Å². The van der Waals surface area contributed by atoms with Gasteiger partial charge in [0.25, 0.3) is 5.91 Å². The number of amides is 1. The Morgan fingerprint density at radius 1 is 1.26 bits per heavy atom. The number of rotatable bonds is 5. The second-order valence-corrected chi connectivity index (χ2v) is 6.00. The summed E-state index contributed by atoms with van der Waals surface area (Å²) >= 11 is 0. The van der Waals surface area contributed by atoms with Crippen molar-refractivity contribution in [2.24, 2.45) is 0 Å². The van der Waals surface area contributed by atoms with Crippen LogP contribution >= 0.6 is 0 Å². The maximum Gasteiger partial charge on any atom is 0.276 e.